The van der Waals surface area contributed by atoms with Gasteiger partial charge in [-0.05, 0) is 31.2 Å². The predicted molar refractivity (Wildman–Crippen MR) is 93.4 cm³/mol. The second-order valence-electron chi connectivity index (χ2n) is 5.14. The molecule has 0 atom stereocenters. The van der Waals surface area contributed by atoms with Crippen molar-refractivity contribution in [2.75, 3.05) is 4.72 Å². The van der Waals surface area contributed by atoms with Gasteiger partial charge in [-0.3, -0.25) is 4.72 Å². The van der Waals surface area contributed by atoms with E-state index in [1.807, 2.05) is 6.92 Å². The molecular weight excluding hydrogens is 367 g/mol. The molecule has 0 radical (unpaired) electrons. The summed E-state index contributed by atoms with van der Waals surface area (Å²) >= 11 is 5.88. The van der Waals surface area contributed by atoms with Crippen LogP contribution in [-0.2, 0) is 16.6 Å². The molecule has 0 aliphatic carbocycles. The first-order valence-corrected chi connectivity index (χ1v) is 9.24. The van der Waals surface area contributed by atoms with Crippen LogP contribution in [0.15, 0.2) is 53.7 Å². The Balaban J connectivity index is 2.13. The molecule has 6 nitrogen and oxygen atoms in total. The van der Waals surface area contributed by atoms with E-state index < -0.39 is 15.8 Å². The molecule has 1 aromatic heterocycles. The summed E-state index contributed by atoms with van der Waals surface area (Å²) in [6.07, 6.45) is 1.44. The molecule has 0 bridgehead atoms. The van der Waals surface area contributed by atoms with Crippen molar-refractivity contribution in [3.8, 4) is 11.4 Å². The summed E-state index contributed by atoms with van der Waals surface area (Å²) in [4.78, 5) is 0.0632. The minimum atomic E-state index is -3.89. The molecule has 0 saturated heterocycles. The molecule has 130 valence electrons. The first kappa shape index (κ1) is 17.4. The Hall–Kier alpha value is -2.45. The van der Waals surface area contributed by atoms with Gasteiger partial charge in [0.15, 0.2) is 11.6 Å². The van der Waals surface area contributed by atoms with Crippen LogP contribution >= 0.6 is 11.6 Å². The zero-order valence-corrected chi connectivity index (χ0v) is 14.7. The predicted octanol–water partition coefficient (Wildman–Crippen LogP) is 3.56. The van der Waals surface area contributed by atoms with Crippen molar-refractivity contribution in [2.24, 2.45) is 0 Å². The molecule has 0 aliphatic heterocycles. The summed E-state index contributed by atoms with van der Waals surface area (Å²) in [5.74, 6) is -0.578. The van der Waals surface area contributed by atoms with Crippen LogP contribution in [0.5, 0.6) is 0 Å². The first-order valence-electron chi connectivity index (χ1n) is 7.38. The number of aromatic nitrogens is 3. The van der Waals surface area contributed by atoms with Crippen LogP contribution in [0, 0.1) is 5.82 Å². The number of sulfonamides is 1. The van der Waals surface area contributed by atoms with E-state index in [1.165, 1.54) is 30.6 Å². The summed E-state index contributed by atoms with van der Waals surface area (Å²) < 4.78 is 43.8. The van der Waals surface area contributed by atoms with Gasteiger partial charge < -0.3 is 4.57 Å². The highest BCUT2D eigenvalue weighted by Crippen LogP contribution is 2.34. The van der Waals surface area contributed by atoms with Gasteiger partial charge >= 0.3 is 0 Å². The van der Waals surface area contributed by atoms with Crippen LogP contribution in [0.1, 0.15) is 6.92 Å². The van der Waals surface area contributed by atoms with Crippen molar-refractivity contribution in [1.29, 1.82) is 0 Å². The minimum Gasteiger partial charge on any atom is -0.314 e. The lowest BCUT2D eigenvalue weighted by atomic mass is 10.1. The second-order valence-corrected chi connectivity index (χ2v) is 7.23. The molecule has 0 fully saturated rings. The van der Waals surface area contributed by atoms with Crippen molar-refractivity contribution in [3.05, 3.63) is 59.6 Å². The zero-order valence-electron chi connectivity index (χ0n) is 13.1. The minimum absolute atomic E-state index is 0.0356. The summed E-state index contributed by atoms with van der Waals surface area (Å²) in [6.45, 7) is 2.32. The van der Waals surface area contributed by atoms with E-state index in [2.05, 4.69) is 14.9 Å². The zero-order chi connectivity index (χ0) is 18.0. The van der Waals surface area contributed by atoms with Crippen molar-refractivity contribution >= 4 is 27.3 Å². The van der Waals surface area contributed by atoms with Crippen LogP contribution in [0.2, 0.25) is 5.02 Å². The molecule has 0 saturated carbocycles. The normalized spacial score (nSPS) is 11.5. The number of anilines is 1. The highest BCUT2D eigenvalue weighted by molar-refractivity contribution is 7.92. The van der Waals surface area contributed by atoms with Gasteiger partial charge in [-0.2, -0.15) is 0 Å². The molecule has 0 spiro atoms. The number of rotatable bonds is 5. The summed E-state index contributed by atoms with van der Waals surface area (Å²) in [5.41, 5.74) is -0.0141. The first-order chi connectivity index (χ1) is 11.9. The van der Waals surface area contributed by atoms with Crippen molar-refractivity contribution in [1.82, 2.24) is 14.8 Å². The van der Waals surface area contributed by atoms with Gasteiger partial charge in [0.1, 0.15) is 6.33 Å². The maximum atomic E-state index is 14.7. The maximum Gasteiger partial charge on any atom is 0.261 e. The number of benzene rings is 2. The second kappa shape index (κ2) is 6.81. The number of halogens is 2. The molecule has 9 heteroatoms. The van der Waals surface area contributed by atoms with Gasteiger partial charge in [-0.25, -0.2) is 12.8 Å². The highest BCUT2D eigenvalue weighted by atomic mass is 35.5. The molecule has 0 unspecified atom stereocenters. The molecule has 1 heterocycles. The average Bonchev–Trinajstić information content (AvgIpc) is 3.07. The fourth-order valence-electron chi connectivity index (χ4n) is 2.34. The van der Waals surface area contributed by atoms with E-state index in [1.54, 1.807) is 22.8 Å². The molecule has 25 heavy (non-hydrogen) atoms. The van der Waals surface area contributed by atoms with Gasteiger partial charge in [-0.1, -0.05) is 29.8 Å². The molecular formula is C16H14ClFN4O2S. The Morgan fingerprint density at radius 1 is 1.20 bits per heavy atom. The topological polar surface area (TPSA) is 76.9 Å². The maximum absolute atomic E-state index is 14.7. The van der Waals surface area contributed by atoms with Gasteiger partial charge in [0.2, 0.25) is 0 Å². The van der Waals surface area contributed by atoms with Crippen LogP contribution in [-0.4, -0.2) is 23.2 Å². The van der Waals surface area contributed by atoms with Gasteiger partial charge in [-0.15, -0.1) is 10.2 Å². The van der Waals surface area contributed by atoms with Crippen molar-refractivity contribution < 1.29 is 12.8 Å². The third-order valence-electron chi connectivity index (χ3n) is 3.57. The highest BCUT2D eigenvalue weighted by Gasteiger charge is 2.23. The molecule has 2 aromatic carbocycles. The molecule has 1 N–H and O–H groups in total. The van der Waals surface area contributed by atoms with Crippen LogP contribution in [0.25, 0.3) is 11.4 Å². The number of hydrogen-bond acceptors (Lipinski definition) is 4. The quantitative estimate of drug-likeness (QED) is 0.734. The Morgan fingerprint density at radius 3 is 2.60 bits per heavy atom. The Labute approximate surface area is 149 Å². The fraction of sp³-hybridized carbons (Fsp3) is 0.125. The number of hydrogen-bond donors (Lipinski definition) is 1. The van der Waals surface area contributed by atoms with E-state index >= 15 is 0 Å². The van der Waals surface area contributed by atoms with E-state index in [9.17, 15) is 12.8 Å². The van der Waals surface area contributed by atoms with Crippen molar-refractivity contribution in [3.63, 3.8) is 0 Å². The number of nitrogens with zero attached hydrogens (tertiary/aromatic N) is 3. The SMILES string of the molecule is CCn1cnnc1-c1c(NS(=O)(=O)c2ccccc2)ccc(Cl)c1F. The van der Waals surface area contributed by atoms with E-state index in [-0.39, 0.29) is 27.0 Å². The summed E-state index contributed by atoms with van der Waals surface area (Å²) in [6, 6.07) is 10.5. The summed E-state index contributed by atoms with van der Waals surface area (Å²) in [7, 11) is -3.89. The lowest BCUT2D eigenvalue weighted by Gasteiger charge is -2.14. The van der Waals surface area contributed by atoms with Gasteiger partial charge in [0.25, 0.3) is 10.0 Å². The van der Waals surface area contributed by atoms with Crippen molar-refractivity contribution in [2.45, 2.75) is 18.4 Å². The number of nitrogens with one attached hydrogen (secondary N) is 1. The fourth-order valence-corrected chi connectivity index (χ4v) is 3.59. The lowest BCUT2D eigenvalue weighted by molar-refractivity contribution is 0.601. The smallest absolute Gasteiger partial charge is 0.261 e. The van der Waals surface area contributed by atoms with Crippen LogP contribution < -0.4 is 4.72 Å². The van der Waals surface area contributed by atoms with Gasteiger partial charge in [0.05, 0.1) is 21.2 Å². The Kier molecular flexibility index (Phi) is 4.73. The largest absolute Gasteiger partial charge is 0.314 e. The Morgan fingerprint density at radius 2 is 1.92 bits per heavy atom. The third-order valence-corrected chi connectivity index (χ3v) is 5.25. The molecule has 3 aromatic rings. The molecule has 0 amide bonds. The monoisotopic (exact) mass is 380 g/mol. The molecule has 3 rings (SSSR count). The van der Waals surface area contributed by atoms with Gasteiger partial charge in [0, 0.05) is 6.54 Å². The van der Waals surface area contributed by atoms with Crippen LogP contribution in [0.3, 0.4) is 0 Å². The lowest BCUT2D eigenvalue weighted by Crippen LogP contribution is -2.14. The molecule has 0 aliphatic rings. The standard InChI is InChI=1S/C16H14ClFN4O2S/c1-2-22-10-19-20-16(22)14-13(9-8-12(17)15(14)18)21-25(23,24)11-6-4-3-5-7-11/h3-10,21H,2H2,1H3. The van der Waals surface area contributed by atoms with Crippen LogP contribution in [0.4, 0.5) is 10.1 Å². The number of aryl methyl sites for hydroxylation is 1. The van der Waals surface area contributed by atoms with E-state index in [0.717, 1.165) is 0 Å². The van der Waals surface area contributed by atoms with E-state index in [0.29, 0.717) is 6.54 Å². The third kappa shape index (κ3) is 3.35. The average molecular weight is 381 g/mol. The Bertz CT molecular complexity index is 1010. The van der Waals surface area contributed by atoms with E-state index in [4.69, 9.17) is 11.6 Å². The summed E-state index contributed by atoms with van der Waals surface area (Å²) in [5, 5.41) is 7.53.